The minimum absolute atomic E-state index is 0.0145. The monoisotopic (exact) mass is 281 g/mol. The summed E-state index contributed by atoms with van der Waals surface area (Å²) in [6.07, 6.45) is 2.89. The molecule has 2 N–H and O–H groups in total. The zero-order valence-electron chi connectivity index (χ0n) is 11.4. The molecule has 1 aromatic carbocycles. The lowest BCUT2D eigenvalue weighted by molar-refractivity contribution is 0.0933. The molecule has 0 saturated carbocycles. The number of H-pyrrole nitrogens is 1. The molecule has 2 aromatic rings. The van der Waals surface area contributed by atoms with Crippen LogP contribution in [0.25, 0.3) is 11.3 Å². The molecule has 3 rings (SSSR count). The first-order valence-electron chi connectivity index (χ1n) is 6.82. The molecule has 1 aliphatic rings. The van der Waals surface area contributed by atoms with Gasteiger partial charge >= 0.3 is 0 Å². The fourth-order valence-electron chi connectivity index (χ4n) is 2.43. The number of benzene rings is 1. The van der Waals surface area contributed by atoms with Gasteiger partial charge in [0.1, 0.15) is 5.69 Å². The number of nitriles is 1. The van der Waals surface area contributed by atoms with Crippen LogP contribution in [0.1, 0.15) is 16.9 Å². The van der Waals surface area contributed by atoms with E-state index in [1.807, 2.05) is 30.3 Å². The van der Waals surface area contributed by atoms with Crippen molar-refractivity contribution in [1.29, 1.82) is 5.26 Å². The van der Waals surface area contributed by atoms with Gasteiger partial charge in [0.25, 0.3) is 5.91 Å². The van der Waals surface area contributed by atoms with Crippen molar-refractivity contribution in [3.8, 4) is 17.5 Å². The molecule has 1 atom stereocenters. The van der Waals surface area contributed by atoms with Crippen molar-refractivity contribution >= 4 is 5.91 Å². The van der Waals surface area contributed by atoms with E-state index in [0.717, 1.165) is 17.7 Å². The van der Waals surface area contributed by atoms with Crippen LogP contribution in [0.5, 0.6) is 0 Å². The largest absolute Gasteiger partial charge is 0.346 e. The van der Waals surface area contributed by atoms with Crippen molar-refractivity contribution in [2.24, 2.45) is 0 Å². The van der Waals surface area contributed by atoms with Crippen molar-refractivity contribution in [1.82, 2.24) is 20.4 Å². The summed E-state index contributed by atoms with van der Waals surface area (Å²) in [5.41, 5.74) is 2.14. The standard InChI is InChI=1S/C15H15N5O/c16-10-20-7-6-12(9-20)17-15(21)14-8-13(18-19-14)11-4-2-1-3-5-11/h1-5,8,12H,6-7,9H2,(H,17,21)(H,18,19)/t12-/m1/s1. The Morgan fingerprint density at radius 1 is 1.43 bits per heavy atom. The number of nitrogens with one attached hydrogen (secondary N) is 2. The number of carbonyl (C=O) groups excluding carboxylic acids is 1. The third-order valence-electron chi connectivity index (χ3n) is 3.56. The Labute approximate surface area is 122 Å². The van der Waals surface area contributed by atoms with E-state index in [4.69, 9.17) is 5.26 Å². The molecular weight excluding hydrogens is 266 g/mol. The third kappa shape index (κ3) is 2.87. The molecule has 6 nitrogen and oxygen atoms in total. The third-order valence-corrected chi connectivity index (χ3v) is 3.56. The molecular formula is C15H15N5O. The summed E-state index contributed by atoms with van der Waals surface area (Å²) >= 11 is 0. The van der Waals surface area contributed by atoms with E-state index in [9.17, 15) is 4.79 Å². The lowest BCUT2D eigenvalue weighted by Crippen LogP contribution is -2.36. The first kappa shape index (κ1) is 13.2. The number of aromatic nitrogens is 2. The topological polar surface area (TPSA) is 84.8 Å². The molecule has 0 spiro atoms. The Hall–Kier alpha value is -2.81. The van der Waals surface area contributed by atoms with Crippen molar-refractivity contribution in [3.63, 3.8) is 0 Å². The van der Waals surface area contributed by atoms with Gasteiger partial charge in [-0.1, -0.05) is 30.3 Å². The molecule has 0 radical (unpaired) electrons. The zero-order chi connectivity index (χ0) is 14.7. The average Bonchev–Trinajstić information content (AvgIpc) is 3.17. The van der Waals surface area contributed by atoms with Gasteiger partial charge in [-0.15, -0.1) is 0 Å². The Balaban J connectivity index is 1.67. The molecule has 0 aliphatic carbocycles. The summed E-state index contributed by atoms with van der Waals surface area (Å²) in [5.74, 6) is -0.186. The molecule has 0 unspecified atom stereocenters. The van der Waals surface area contributed by atoms with Gasteiger partial charge in [-0.05, 0) is 12.5 Å². The van der Waals surface area contributed by atoms with E-state index in [2.05, 4.69) is 21.7 Å². The highest BCUT2D eigenvalue weighted by molar-refractivity contribution is 5.93. The number of carbonyl (C=O) groups is 1. The molecule has 6 heteroatoms. The Bertz CT molecular complexity index is 673. The summed E-state index contributed by atoms with van der Waals surface area (Å²) in [6, 6.07) is 11.4. The minimum Gasteiger partial charge on any atom is -0.346 e. The second kappa shape index (κ2) is 5.67. The number of aromatic amines is 1. The number of likely N-dealkylation sites (tertiary alicyclic amines) is 1. The van der Waals surface area contributed by atoms with Crippen LogP contribution in [0, 0.1) is 11.5 Å². The summed E-state index contributed by atoms with van der Waals surface area (Å²) in [4.78, 5) is 13.8. The Kier molecular flexibility index (Phi) is 3.56. The van der Waals surface area contributed by atoms with Crippen LogP contribution in [0.15, 0.2) is 36.4 Å². The first-order chi connectivity index (χ1) is 10.3. The van der Waals surface area contributed by atoms with Gasteiger partial charge < -0.3 is 10.2 Å². The lowest BCUT2D eigenvalue weighted by Gasteiger charge is -2.10. The zero-order valence-corrected chi connectivity index (χ0v) is 11.4. The molecule has 1 amide bonds. The molecule has 1 fully saturated rings. The summed E-state index contributed by atoms with van der Waals surface area (Å²) in [7, 11) is 0. The van der Waals surface area contributed by atoms with E-state index in [1.54, 1.807) is 11.0 Å². The van der Waals surface area contributed by atoms with E-state index in [0.29, 0.717) is 18.8 Å². The van der Waals surface area contributed by atoms with Crippen LogP contribution >= 0.6 is 0 Å². The van der Waals surface area contributed by atoms with Crippen molar-refractivity contribution < 1.29 is 4.79 Å². The second-order valence-corrected chi connectivity index (χ2v) is 5.04. The fourth-order valence-corrected chi connectivity index (χ4v) is 2.43. The van der Waals surface area contributed by atoms with Crippen LogP contribution in [0.4, 0.5) is 0 Å². The van der Waals surface area contributed by atoms with Gasteiger partial charge in [0.05, 0.1) is 5.69 Å². The first-order valence-corrected chi connectivity index (χ1v) is 6.82. The second-order valence-electron chi connectivity index (χ2n) is 5.04. The predicted molar refractivity (Wildman–Crippen MR) is 77.1 cm³/mol. The summed E-state index contributed by atoms with van der Waals surface area (Å²) in [5, 5.41) is 18.7. The average molecular weight is 281 g/mol. The molecule has 1 aromatic heterocycles. The van der Waals surface area contributed by atoms with Crippen LogP contribution in [-0.4, -0.2) is 40.1 Å². The quantitative estimate of drug-likeness (QED) is 0.832. The molecule has 2 heterocycles. The van der Waals surface area contributed by atoms with Crippen molar-refractivity contribution in [2.75, 3.05) is 13.1 Å². The van der Waals surface area contributed by atoms with E-state index < -0.39 is 0 Å². The van der Waals surface area contributed by atoms with Crippen molar-refractivity contribution in [3.05, 3.63) is 42.1 Å². The van der Waals surface area contributed by atoms with Crippen LogP contribution in [0.3, 0.4) is 0 Å². The number of nitrogens with zero attached hydrogens (tertiary/aromatic N) is 3. The van der Waals surface area contributed by atoms with E-state index in [-0.39, 0.29) is 11.9 Å². The van der Waals surface area contributed by atoms with Gasteiger partial charge in [0, 0.05) is 24.7 Å². The van der Waals surface area contributed by atoms with E-state index in [1.165, 1.54) is 0 Å². The number of rotatable bonds is 3. The number of hydrogen-bond acceptors (Lipinski definition) is 4. The van der Waals surface area contributed by atoms with Crippen LogP contribution in [0.2, 0.25) is 0 Å². The number of hydrogen-bond donors (Lipinski definition) is 2. The molecule has 0 bridgehead atoms. The minimum atomic E-state index is -0.186. The molecule has 1 aliphatic heterocycles. The normalized spacial score (nSPS) is 17.5. The van der Waals surface area contributed by atoms with E-state index >= 15 is 0 Å². The van der Waals surface area contributed by atoms with Crippen LogP contribution in [-0.2, 0) is 0 Å². The highest BCUT2D eigenvalue weighted by atomic mass is 16.2. The number of amides is 1. The predicted octanol–water partition coefficient (Wildman–Crippen LogP) is 1.36. The van der Waals surface area contributed by atoms with Gasteiger partial charge in [0.15, 0.2) is 6.19 Å². The molecule has 21 heavy (non-hydrogen) atoms. The highest BCUT2D eigenvalue weighted by Gasteiger charge is 2.24. The maximum Gasteiger partial charge on any atom is 0.269 e. The summed E-state index contributed by atoms with van der Waals surface area (Å²) in [6.45, 7) is 1.27. The Morgan fingerprint density at radius 2 is 2.24 bits per heavy atom. The Morgan fingerprint density at radius 3 is 2.95 bits per heavy atom. The van der Waals surface area contributed by atoms with Crippen molar-refractivity contribution in [2.45, 2.75) is 12.5 Å². The van der Waals surface area contributed by atoms with Gasteiger partial charge in [-0.25, -0.2) is 0 Å². The smallest absolute Gasteiger partial charge is 0.269 e. The maximum absolute atomic E-state index is 12.2. The highest BCUT2D eigenvalue weighted by Crippen LogP contribution is 2.17. The van der Waals surface area contributed by atoms with Gasteiger partial charge in [0.2, 0.25) is 0 Å². The van der Waals surface area contributed by atoms with Gasteiger partial charge in [-0.2, -0.15) is 10.4 Å². The molecule has 1 saturated heterocycles. The van der Waals surface area contributed by atoms with Gasteiger partial charge in [-0.3, -0.25) is 9.89 Å². The van der Waals surface area contributed by atoms with Crippen LogP contribution < -0.4 is 5.32 Å². The SMILES string of the molecule is N#CN1CC[C@@H](NC(=O)c2cc(-c3ccccc3)n[nH]2)C1. The molecule has 106 valence electrons. The lowest BCUT2D eigenvalue weighted by atomic mass is 10.1. The summed E-state index contributed by atoms with van der Waals surface area (Å²) < 4.78 is 0. The fraction of sp³-hybridized carbons (Fsp3) is 0.267. The maximum atomic E-state index is 12.2.